The molecular formula is C14H20N2O3S2. The van der Waals surface area contributed by atoms with Gasteiger partial charge in [-0.15, -0.1) is 11.3 Å². The predicted molar refractivity (Wildman–Crippen MR) is 83.8 cm³/mol. The van der Waals surface area contributed by atoms with Crippen molar-refractivity contribution in [2.24, 2.45) is 0 Å². The lowest BCUT2D eigenvalue weighted by Gasteiger charge is -2.15. The minimum atomic E-state index is -3.45. The lowest BCUT2D eigenvalue weighted by molar-refractivity contribution is 0.460. The summed E-state index contributed by atoms with van der Waals surface area (Å²) in [6, 6.07) is 3.54. The fourth-order valence-corrected chi connectivity index (χ4v) is 4.47. The van der Waals surface area contributed by atoms with E-state index in [1.54, 1.807) is 25.4 Å². The highest BCUT2D eigenvalue weighted by atomic mass is 32.2. The predicted octanol–water partition coefficient (Wildman–Crippen LogP) is 2.58. The highest BCUT2D eigenvalue weighted by molar-refractivity contribution is 7.91. The van der Waals surface area contributed by atoms with E-state index in [1.165, 1.54) is 15.6 Å². The number of aryl methyl sites for hydroxylation is 1. The van der Waals surface area contributed by atoms with Gasteiger partial charge in [0.2, 0.25) is 0 Å². The summed E-state index contributed by atoms with van der Waals surface area (Å²) in [6.07, 6.45) is 1.57. The van der Waals surface area contributed by atoms with Crippen LogP contribution in [-0.2, 0) is 23.1 Å². The topological polar surface area (TPSA) is 62.6 Å². The van der Waals surface area contributed by atoms with Crippen LogP contribution in [0, 0.1) is 6.92 Å². The Hall–Kier alpha value is -1.15. The number of sulfonamides is 1. The summed E-state index contributed by atoms with van der Waals surface area (Å²) in [5, 5.41) is 5.07. The summed E-state index contributed by atoms with van der Waals surface area (Å²) in [5.74, 6) is 0.746. The van der Waals surface area contributed by atoms with E-state index in [2.05, 4.69) is 5.32 Å². The molecule has 0 atom stereocenters. The van der Waals surface area contributed by atoms with E-state index in [9.17, 15) is 8.42 Å². The molecule has 0 aliphatic heterocycles. The van der Waals surface area contributed by atoms with Crippen LogP contribution in [0.5, 0.6) is 0 Å². The van der Waals surface area contributed by atoms with Gasteiger partial charge in [0.05, 0.1) is 6.26 Å². The maximum atomic E-state index is 12.5. The molecule has 0 spiro atoms. The molecule has 7 heteroatoms. The number of nitrogens with one attached hydrogen (secondary N) is 1. The Balaban J connectivity index is 2.13. The smallest absolute Gasteiger partial charge is 0.252 e. The van der Waals surface area contributed by atoms with Gasteiger partial charge in [0.15, 0.2) is 0 Å². The number of hydrogen-bond donors (Lipinski definition) is 1. The zero-order chi connectivity index (χ0) is 15.5. The van der Waals surface area contributed by atoms with Gasteiger partial charge in [-0.1, -0.05) is 6.92 Å². The van der Waals surface area contributed by atoms with Crippen LogP contribution >= 0.6 is 11.3 Å². The highest BCUT2D eigenvalue weighted by Gasteiger charge is 2.23. The molecule has 0 aliphatic carbocycles. The first-order chi connectivity index (χ1) is 9.95. The third kappa shape index (κ3) is 3.74. The molecule has 0 bridgehead atoms. The number of hydrogen-bond acceptors (Lipinski definition) is 5. The summed E-state index contributed by atoms with van der Waals surface area (Å²) < 4.78 is 32.0. The molecule has 21 heavy (non-hydrogen) atoms. The second-order valence-electron chi connectivity index (χ2n) is 4.82. The first-order valence-corrected chi connectivity index (χ1v) is 9.04. The van der Waals surface area contributed by atoms with Gasteiger partial charge >= 0.3 is 0 Å². The SMILES string of the molecule is CCNCc1csc(S(=O)(=O)N(C)Cc2ccoc2C)c1. The van der Waals surface area contributed by atoms with Crippen molar-refractivity contribution >= 4 is 21.4 Å². The van der Waals surface area contributed by atoms with E-state index in [0.717, 1.165) is 23.4 Å². The molecule has 5 nitrogen and oxygen atoms in total. The number of furan rings is 1. The van der Waals surface area contributed by atoms with Gasteiger partial charge < -0.3 is 9.73 Å². The van der Waals surface area contributed by atoms with E-state index in [-0.39, 0.29) is 0 Å². The van der Waals surface area contributed by atoms with Gasteiger partial charge in [-0.25, -0.2) is 8.42 Å². The Labute approximate surface area is 129 Å². The Bertz CT molecular complexity index is 689. The molecule has 0 amide bonds. The third-order valence-electron chi connectivity index (χ3n) is 3.23. The Morgan fingerprint density at radius 1 is 1.43 bits per heavy atom. The van der Waals surface area contributed by atoms with Crippen molar-refractivity contribution in [2.75, 3.05) is 13.6 Å². The summed E-state index contributed by atoms with van der Waals surface area (Å²) in [6.45, 7) is 5.70. The second-order valence-corrected chi connectivity index (χ2v) is 8.00. The molecule has 2 heterocycles. The average molecular weight is 328 g/mol. The maximum absolute atomic E-state index is 12.5. The van der Waals surface area contributed by atoms with Crippen LogP contribution in [0.1, 0.15) is 23.8 Å². The standard InChI is InChI=1S/C14H20N2O3S2/c1-4-15-8-12-7-14(20-10-12)21(17,18)16(3)9-13-5-6-19-11(13)2/h5-7,10,15H,4,8-9H2,1-3H3. The number of rotatable bonds is 7. The molecule has 2 aromatic rings. The van der Waals surface area contributed by atoms with Crippen molar-refractivity contribution in [1.82, 2.24) is 9.62 Å². The second kappa shape index (κ2) is 6.74. The summed E-state index contributed by atoms with van der Waals surface area (Å²) in [7, 11) is -1.86. The maximum Gasteiger partial charge on any atom is 0.252 e. The average Bonchev–Trinajstić information content (AvgIpc) is 3.06. The molecule has 0 aliphatic rings. The molecule has 0 saturated carbocycles. The lowest BCUT2D eigenvalue weighted by Crippen LogP contribution is -2.26. The molecular weight excluding hydrogens is 308 g/mol. The molecule has 0 aromatic carbocycles. The number of nitrogens with zero attached hydrogens (tertiary/aromatic N) is 1. The molecule has 0 fully saturated rings. The van der Waals surface area contributed by atoms with Crippen molar-refractivity contribution < 1.29 is 12.8 Å². The van der Waals surface area contributed by atoms with Crippen LogP contribution in [0.2, 0.25) is 0 Å². The van der Waals surface area contributed by atoms with Crippen molar-refractivity contribution in [2.45, 2.75) is 31.1 Å². The molecule has 2 rings (SSSR count). The van der Waals surface area contributed by atoms with E-state index < -0.39 is 10.0 Å². The first-order valence-electron chi connectivity index (χ1n) is 6.72. The zero-order valence-electron chi connectivity index (χ0n) is 12.4. The summed E-state index contributed by atoms with van der Waals surface area (Å²) in [5.41, 5.74) is 1.87. The van der Waals surface area contributed by atoms with E-state index >= 15 is 0 Å². The van der Waals surface area contributed by atoms with Gasteiger partial charge in [-0.05, 0) is 36.5 Å². The fourth-order valence-electron chi connectivity index (χ4n) is 1.90. The normalized spacial score (nSPS) is 12.2. The van der Waals surface area contributed by atoms with Crippen LogP contribution in [0.15, 0.2) is 32.4 Å². The van der Waals surface area contributed by atoms with Gasteiger partial charge in [0.1, 0.15) is 9.97 Å². The first kappa shape index (κ1) is 16.2. The Kier molecular flexibility index (Phi) is 5.21. The van der Waals surface area contributed by atoms with Crippen LogP contribution in [0.4, 0.5) is 0 Å². The minimum absolute atomic E-state index is 0.311. The lowest BCUT2D eigenvalue weighted by atomic mass is 10.3. The fraction of sp³-hybridized carbons (Fsp3) is 0.429. The molecule has 116 valence electrons. The molecule has 0 unspecified atom stereocenters. The van der Waals surface area contributed by atoms with Crippen LogP contribution in [-0.4, -0.2) is 26.3 Å². The van der Waals surface area contributed by atoms with Gasteiger partial charge in [0, 0.05) is 25.7 Å². The minimum Gasteiger partial charge on any atom is -0.469 e. The van der Waals surface area contributed by atoms with Crippen LogP contribution in [0.25, 0.3) is 0 Å². The number of thiophene rings is 1. The van der Waals surface area contributed by atoms with Gasteiger partial charge in [0.25, 0.3) is 10.0 Å². The summed E-state index contributed by atoms with van der Waals surface area (Å²) >= 11 is 1.26. The molecule has 0 saturated heterocycles. The van der Waals surface area contributed by atoms with Gasteiger partial charge in [-0.3, -0.25) is 0 Å². The van der Waals surface area contributed by atoms with Crippen molar-refractivity contribution in [1.29, 1.82) is 0 Å². The quantitative estimate of drug-likeness (QED) is 0.848. The van der Waals surface area contributed by atoms with Crippen LogP contribution in [0.3, 0.4) is 0 Å². The molecule has 1 N–H and O–H groups in total. The Morgan fingerprint density at radius 3 is 2.81 bits per heavy atom. The van der Waals surface area contributed by atoms with Gasteiger partial charge in [-0.2, -0.15) is 4.31 Å². The third-order valence-corrected chi connectivity index (χ3v) is 6.50. The Morgan fingerprint density at radius 2 is 2.19 bits per heavy atom. The monoisotopic (exact) mass is 328 g/mol. The largest absolute Gasteiger partial charge is 0.469 e. The van der Waals surface area contributed by atoms with E-state index in [0.29, 0.717) is 17.3 Å². The molecule has 2 aromatic heterocycles. The van der Waals surface area contributed by atoms with E-state index in [4.69, 9.17) is 4.42 Å². The zero-order valence-corrected chi connectivity index (χ0v) is 14.1. The highest BCUT2D eigenvalue weighted by Crippen LogP contribution is 2.25. The van der Waals surface area contributed by atoms with Crippen LogP contribution < -0.4 is 5.32 Å². The van der Waals surface area contributed by atoms with E-state index in [1.807, 2.05) is 19.2 Å². The summed E-state index contributed by atoms with van der Waals surface area (Å²) in [4.78, 5) is 0. The van der Waals surface area contributed by atoms with Crippen molar-refractivity contribution in [3.63, 3.8) is 0 Å². The van der Waals surface area contributed by atoms with Crippen molar-refractivity contribution in [3.05, 3.63) is 40.7 Å². The molecule has 0 radical (unpaired) electrons. The van der Waals surface area contributed by atoms with Crippen molar-refractivity contribution in [3.8, 4) is 0 Å².